The second-order valence-electron chi connectivity index (χ2n) is 4.45. The molecule has 3 amide bonds. The van der Waals surface area contributed by atoms with E-state index in [1.807, 2.05) is 6.07 Å². The van der Waals surface area contributed by atoms with Crippen molar-refractivity contribution in [2.75, 3.05) is 0 Å². The highest BCUT2D eigenvalue weighted by Gasteiger charge is 2.24. The number of aromatic nitrogens is 3. The number of carbonyl (C=O) groups is 2. The number of rotatable bonds is 5. The van der Waals surface area contributed by atoms with Crippen molar-refractivity contribution in [2.45, 2.75) is 19.0 Å². The van der Waals surface area contributed by atoms with E-state index in [4.69, 9.17) is 5.73 Å². The van der Waals surface area contributed by atoms with Crippen LogP contribution in [0.25, 0.3) is 0 Å². The largest absolute Gasteiger partial charge is 0.352 e. The highest BCUT2D eigenvalue weighted by Crippen LogP contribution is 2.14. The minimum absolute atomic E-state index is 0.374. The van der Waals surface area contributed by atoms with E-state index < -0.39 is 12.1 Å². The number of nitrogens with zero attached hydrogens (tertiary/aromatic N) is 2. The zero-order valence-corrected chi connectivity index (χ0v) is 11.4. The molecule has 2 atom stereocenters. The van der Waals surface area contributed by atoms with Crippen LogP contribution in [0.3, 0.4) is 0 Å². The quantitative estimate of drug-likeness (QED) is 0.635. The molecule has 0 aliphatic rings. The summed E-state index contributed by atoms with van der Waals surface area (Å²) in [5, 5.41) is 11.6. The van der Waals surface area contributed by atoms with Gasteiger partial charge in [-0.2, -0.15) is 5.10 Å². The van der Waals surface area contributed by atoms with Crippen molar-refractivity contribution in [3.63, 3.8) is 0 Å². The van der Waals surface area contributed by atoms with E-state index in [1.165, 1.54) is 6.33 Å². The lowest BCUT2D eigenvalue weighted by Crippen LogP contribution is -2.43. The van der Waals surface area contributed by atoms with Gasteiger partial charge in [-0.3, -0.25) is 9.89 Å². The molecule has 2 rings (SSSR count). The van der Waals surface area contributed by atoms with Crippen LogP contribution in [-0.4, -0.2) is 27.1 Å². The molecule has 110 valence electrons. The monoisotopic (exact) mass is 288 g/mol. The van der Waals surface area contributed by atoms with Gasteiger partial charge in [0.1, 0.15) is 18.2 Å². The summed E-state index contributed by atoms with van der Waals surface area (Å²) in [6, 6.07) is 6.83. The summed E-state index contributed by atoms with van der Waals surface area (Å²) in [7, 11) is 0. The first kappa shape index (κ1) is 14.5. The number of carbonyl (C=O) groups excluding carboxylic acids is 2. The lowest BCUT2D eigenvalue weighted by atomic mass is 10.1. The Balaban J connectivity index is 2.13. The summed E-state index contributed by atoms with van der Waals surface area (Å²) in [5.74, 6) is 0.137. The van der Waals surface area contributed by atoms with Crippen LogP contribution in [0.2, 0.25) is 0 Å². The lowest BCUT2D eigenvalue weighted by Gasteiger charge is -2.20. The molecule has 1 aromatic carbocycles. The Labute approximate surface area is 121 Å². The number of nitrogens with two attached hydrogens (primary N) is 1. The Morgan fingerprint density at radius 3 is 2.52 bits per heavy atom. The van der Waals surface area contributed by atoms with Crippen LogP contribution >= 0.6 is 0 Å². The average Bonchev–Trinajstić information content (AvgIpc) is 2.99. The van der Waals surface area contributed by atoms with Crippen molar-refractivity contribution >= 4 is 11.9 Å². The van der Waals surface area contributed by atoms with Gasteiger partial charge in [0.2, 0.25) is 5.91 Å². The fourth-order valence-corrected chi connectivity index (χ4v) is 1.88. The number of nitrogens with one attached hydrogen (secondary N) is 3. The number of hydrogen-bond donors (Lipinski definition) is 4. The molecular weight excluding hydrogens is 272 g/mol. The smallest absolute Gasteiger partial charge is 0.313 e. The normalized spacial score (nSPS) is 13.2. The minimum Gasteiger partial charge on any atom is -0.352 e. The number of primary amides is 1. The highest BCUT2D eigenvalue weighted by molar-refractivity contribution is 5.87. The first-order chi connectivity index (χ1) is 10.1. The van der Waals surface area contributed by atoms with E-state index in [2.05, 4.69) is 25.8 Å². The van der Waals surface area contributed by atoms with E-state index in [-0.39, 0.29) is 11.9 Å². The second-order valence-corrected chi connectivity index (χ2v) is 4.45. The predicted octanol–water partition coefficient (Wildman–Crippen LogP) is 0.391. The third-order valence-corrected chi connectivity index (χ3v) is 2.88. The maximum Gasteiger partial charge on any atom is 0.313 e. The first-order valence-electron chi connectivity index (χ1n) is 6.34. The molecule has 21 heavy (non-hydrogen) atoms. The predicted molar refractivity (Wildman–Crippen MR) is 74.8 cm³/mol. The number of amides is 3. The molecule has 2 unspecified atom stereocenters. The Morgan fingerprint density at radius 2 is 1.95 bits per heavy atom. The van der Waals surface area contributed by atoms with Crippen molar-refractivity contribution in [2.24, 2.45) is 5.73 Å². The maximum absolute atomic E-state index is 12.3. The van der Waals surface area contributed by atoms with Gasteiger partial charge in [-0.15, -0.1) is 0 Å². The van der Waals surface area contributed by atoms with Crippen LogP contribution in [0.15, 0.2) is 36.7 Å². The van der Waals surface area contributed by atoms with Gasteiger partial charge in [0.05, 0.1) is 6.04 Å². The van der Waals surface area contributed by atoms with Crippen molar-refractivity contribution in [3.05, 3.63) is 48.0 Å². The van der Waals surface area contributed by atoms with Crippen molar-refractivity contribution in [3.8, 4) is 0 Å². The molecule has 0 aliphatic carbocycles. The van der Waals surface area contributed by atoms with Crippen LogP contribution in [0.5, 0.6) is 0 Å². The summed E-state index contributed by atoms with van der Waals surface area (Å²) in [4.78, 5) is 27.4. The zero-order valence-electron chi connectivity index (χ0n) is 11.4. The Morgan fingerprint density at radius 1 is 1.24 bits per heavy atom. The van der Waals surface area contributed by atoms with E-state index >= 15 is 0 Å². The van der Waals surface area contributed by atoms with Gasteiger partial charge in [-0.05, 0) is 12.5 Å². The van der Waals surface area contributed by atoms with Crippen LogP contribution in [-0.2, 0) is 4.79 Å². The summed E-state index contributed by atoms with van der Waals surface area (Å²) in [5.41, 5.74) is 5.77. The minimum atomic E-state index is -0.867. The topological polar surface area (TPSA) is 126 Å². The van der Waals surface area contributed by atoms with Gasteiger partial charge in [0.15, 0.2) is 0 Å². The van der Waals surface area contributed by atoms with Gasteiger partial charge in [-0.25, -0.2) is 9.78 Å². The van der Waals surface area contributed by atoms with Crippen LogP contribution < -0.4 is 16.4 Å². The molecule has 0 aliphatic heterocycles. The Hall–Kier alpha value is -2.90. The fraction of sp³-hybridized carbons (Fsp3) is 0.231. The molecule has 0 saturated heterocycles. The molecule has 1 aromatic heterocycles. The Kier molecular flexibility index (Phi) is 4.50. The third-order valence-electron chi connectivity index (χ3n) is 2.88. The Bertz CT molecular complexity index is 598. The fourth-order valence-electron chi connectivity index (χ4n) is 1.88. The van der Waals surface area contributed by atoms with Gasteiger partial charge < -0.3 is 16.4 Å². The maximum atomic E-state index is 12.3. The summed E-state index contributed by atoms with van der Waals surface area (Å²) >= 11 is 0. The van der Waals surface area contributed by atoms with Gasteiger partial charge in [0.25, 0.3) is 0 Å². The molecule has 1 heterocycles. The molecule has 8 heteroatoms. The molecule has 2 aromatic rings. The van der Waals surface area contributed by atoms with Gasteiger partial charge in [0, 0.05) is 0 Å². The van der Waals surface area contributed by atoms with E-state index in [9.17, 15) is 9.59 Å². The number of benzene rings is 1. The zero-order chi connectivity index (χ0) is 15.2. The highest BCUT2D eigenvalue weighted by atomic mass is 16.2. The van der Waals surface area contributed by atoms with Crippen molar-refractivity contribution in [1.29, 1.82) is 0 Å². The number of H-pyrrole nitrogens is 1. The molecular formula is C13H16N6O2. The van der Waals surface area contributed by atoms with Gasteiger partial charge >= 0.3 is 6.03 Å². The number of urea groups is 1. The second kappa shape index (κ2) is 6.51. The summed E-state index contributed by atoms with van der Waals surface area (Å²) < 4.78 is 0. The van der Waals surface area contributed by atoms with Crippen molar-refractivity contribution in [1.82, 2.24) is 25.8 Å². The molecule has 5 N–H and O–H groups in total. The molecule has 0 bridgehead atoms. The van der Waals surface area contributed by atoms with Crippen LogP contribution in [0.1, 0.15) is 30.4 Å². The number of hydrogen-bond acceptors (Lipinski definition) is 4. The molecule has 0 radical (unpaired) electrons. The van der Waals surface area contributed by atoms with E-state index in [0.29, 0.717) is 11.4 Å². The SMILES string of the molecule is CC(NC(=O)C(NC(N)=O)c1ccccc1)c1ncn[nH]1. The number of aromatic amines is 1. The van der Waals surface area contributed by atoms with Crippen LogP contribution in [0.4, 0.5) is 4.79 Å². The van der Waals surface area contributed by atoms with Crippen LogP contribution in [0, 0.1) is 0 Å². The summed E-state index contributed by atoms with van der Waals surface area (Å²) in [6.07, 6.45) is 1.36. The van der Waals surface area contributed by atoms with Crippen molar-refractivity contribution < 1.29 is 9.59 Å². The average molecular weight is 288 g/mol. The van der Waals surface area contributed by atoms with Gasteiger partial charge in [-0.1, -0.05) is 30.3 Å². The van der Waals surface area contributed by atoms with E-state index in [1.54, 1.807) is 31.2 Å². The third kappa shape index (κ3) is 3.78. The summed E-state index contributed by atoms with van der Waals surface area (Å²) in [6.45, 7) is 1.75. The van der Waals surface area contributed by atoms with E-state index in [0.717, 1.165) is 0 Å². The standard InChI is InChI=1S/C13H16N6O2/c1-8(11-15-7-16-19-11)17-12(20)10(18-13(14)21)9-5-3-2-4-6-9/h2-8,10H,1H3,(H,17,20)(H3,14,18,21)(H,15,16,19). The first-order valence-corrected chi connectivity index (χ1v) is 6.34. The molecule has 0 spiro atoms. The molecule has 0 saturated carbocycles. The molecule has 0 fully saturated rings. The lowest BCUT2D eigenvalue weighted by molar-refractivity contribution is -0.123. The molecule has 8 nitrogen and oxygen atoms in total.